The molecule has 0 atom stereocenters. The first-order valence-electron chi connectivity index (χ1n) is 6.30. The molecular formula is C12H21F2NO. The Hall–Kier alpha value is -0.220. The van der Waals surface area contributed by atoms with Gasteiger partial charge in [-0.05, 0) is 37.5 Å². The van der Waals surface area contributed by atoms with Crippen molar-refractivity contribution in [2.75, 3.05) is 26.2 Å². The summed E-state index contributed by atoms with van der Waals surface area (Å²) in [5.41, 5.74) is 0. The summed E-state index contributed by atoms with van der Waals surface area (Å²) in [5, 5.41) is 9.02. The number of alkyl halides is 2. The van der Waals surface area contributed by atoms with Crippen LogP contribution in [0.3, 0.4) is 0 Å². The summed E-state index contributed by atoms with van der Waals surface area (Å²) in [6.45, 7) is 1.61. The monoisotopic (exact) mass is 233 g/mol. The molecule has 0 aromatic heterocycles. The molecule has 1 aliphatic carbocycles. The largest absolute Gasteiger partial charge is 0.396 e. The predicted molar refractivity (Wildman–Crippen MR) is 58.5 cm³/mol. The Morgan fingerprint density at radius 1 is 1.12 bits per heavy atom. The molecule has 2 aliphatic rings. The van der Waals surface area contributed by atoms with Gasteiger partial charge < -0.3 is 5.11 Å². The first kappa shape index (κ1) is 12.2. The Morgan fingerprint density at radius 3 is 2.25 bits per heavy atom. The summed E-state index contributed by atoms with van der Waals surface area (Å²) in [6.07, 6.45) is 4.33. The van der Waals surface area contributed by atoms with E-state index in [-0.39, 0.29) is 19.6 Å². The number of likely N-dealkylation sites (tertiary alicyclic amines) is 1. The SMILES string of the molecule is OCC1CCC(CN2CCC(F)(F)C2)CC1. The Balaban J connectivity index is 1.71. The lowest BCUT2D eigenvalue weighted by molar-refractivity contribution is 0.00984. The van der Waals surface area contributed by atoms with Crippen molar-refractivity contribution < 1.29 is 13.9 Å². The van der Waals surface area contributed by atoms with Crippen molar-refractivity contribution in [2.24, 2.45) is 11.8 Å². The molecule has 0 aromatic rings. The maximum Gasteiger partial charge on any atom is 0.261 e. The number of aliphatic hydroxyl groups excluding tert-OH is 1. The molecule has 4 heteroatoms. The van der Waals surface area contributed by atoms with Crippen LogP contribution in [-0.2, 0) is 0 Å². The molecule has 2 rings (SSSR count). The summed E-state index contributed by atoms with van der Waals surface area (Å²) >= 11 is 0. The highest BCUT2D eigenvalue weighted by atomic mass is 19.3. The molecule has 1 N–H and O–H groups in total. The minimum Gasteiger partial charge on any atom is -0.396 e. The smallest absolute Gasteiger partial charge is 0.261 e. The zero-order chi connectivity index (χ0) is 11.6. The van der Waals surface area contributed by atoms with Crippen LogP contribution >= 0.6 is 0 Å². The van der Waals surface area contributed by atoms with Gasteiger partial charge >= 0.3 is 0 Å². The van der Waals surface area contributed by atoms with E-state index in [1.54, 1.807) is 0 Å². The summed E-state index contributed by atoms with van der Waals surface area (Å²) in [4.78, 5) is 1.91. The number of rotatable bonds is 3. The predicted octanol–water partition coefficient (Wildman–Crippen LogP) is 2.13. The topological polar surface area (TPSA) is 23.5 Å². The molecule has 2 nitrogen and oxygen atoms in total. The molecule has 16 heavy (non-hydrogen) atoms. The zero-order valence-electron chi connectivity index (χ0n) is 9.67. The van der Waals surface area contributed by atoms with Gasteiger partial charge in [0.25, 0.3) is 5.92 Å². The van der Waals surface area contributed by atoms with E-state index in [2.05, 4.69) is 0 Å². The average molecular weight is 233 g/mol. The first-order valence-corrected chi connectivity index (χ1v) is 6.30. The molecule has 1 saturated carbocycles. The summed E-state index contributed by atoms with van der Waals surface area (Å²) in [6, 6.07) is 0. The third-order valence-corrected chi connectivity index (χ3v) is 3.99. The van der Waals surface area contributed by atoms with E-state index >= 15 is 0 Å². The second kappa shape index (κ2) is 4.96. The van der Waals surface area contributed by atoms with Crippen molar-refractivity contribution in [1.82, 2.24) is 4.90 Å². The molecule has 1 heterocycles. The molecule has 2 fully saturated rings. The van der Waals surface area contributed by atoms with Gasteiger partial charge in [0.15, 0.2) is 0 Å². The van der Waals surface area contributed by atoms with Gasteiger partial charge in [-0.2, -0.15) is 0 Å². The van der Waals surface area contributed by atoms with E-state index in [4.69, 9.17) is 5.11 Å². The number of nitrogens with zero attached hydrogens (tertiary/aromatic N) is 1. The molecule has 0 spiro atoms. The summed E-state index contributed by atoms with van der Waals surface area (Å²) in [5.74, 6) is -1.43. The average Bonchev–Trinajstić information content (AvgIpc) is 2.59. The van der Waals surface area contributed by atoms with Crippen LogP contribution in [0.25, 0.3) is 0 Å². The highest BCUT2D eigenvalue weighted by molar-refractivity contribution is 4.84. The molecule has 0 aromatic carbocycles. The van der Waals surface area contributed by atoms with E-state index in [0.29, 0.717) is 18.4 Å². The van der Waals surface area contributed by atoms with Crippen LogP contribution in [0.5, 0.6) is 0 Å². The Morgan fingerprint density at radius 2 is 1.75 bits per heavy atom. The van der Waals surface area contributed by atoms with Gasteiger partial charge in [0.1, 0.15) is 0 Å². The maximum absolute atomic E-state index is 13.0. The van der Waals surface area contributed by atoms with E-state index in [9.17, 15) is 8.78 Å². The van der Waals surface area contributed by atoms with Crippen molar-refractivity contribution in [3.8, 4) is 0 Å². The highest BCUT2D eigenvalue weighted by Crippen LogP contribution is 2.32. The van der Waals surface area contributed by atoms with Crippen LogP contribution in [-0.4, -0.2) is 42.2 Å². The second-order valence-electron chi connectivity index (χ2n) is 5.41. The molecule has 0 bridgehead atoms. The minimum absolute atomic E-state index is 0.0268. The number of halogens is 2. The number of hydrogen-bond acceptors (Lipinski definition) is 2. The lowest BCUT2D eigenvalue weighted by atomic mass is 9.82. The molecule has 0 unspecified atom stereocenters. The lowest BCUT2D eigenvalue weighted by Crippen LogP contribution is -2.32. The van der Waals surface area contributed by atoms with Crippen molar-refractivity contribution in [1.29, 1.82) is 0 Å². The Labute approximate surface area is 95.6 Å². The van der Waals surface area contributed by atoms with E-state index in [1.165, 1.54) is 0 Å². The van der Waals surface area contributed by atoms with Crippen LogP contribution in [0, 0.1) is 11.8 Å². The van der Waals surface area contributed by atoms with Crippen LogP contribution in [0.4, 0.5) is 8.78 Å². The van der Waals surface area contributed by atoms with Crippen LogP contribution in [0.15, 0.2) is 0 Å². The van der Waals surface area contributed by atoms with Gasteiger partial charge in [-0.25, -0.2) is 8.78 Å². The second-order valence-corrected chi connectivity index (χ2v) is 5.41. The number of hydrogen-bond donors (Lipinski definition) is 1. The third-order valence-electron chi connectivity index (χ3n) is 3.99. The quantitative estimate of drug-likeness (QED) is 0.807. The molecule has 0 radical (unpaired) electrons. The maximum atomic E-state index is 13.0. The summed E-state index contributed by atoms with van der Waals surface area (Å²) < 4.78 is 26.0. The van der Waals surface area contributed by atoms with Crippen molar-refractivity contribution in [3.63, 3.8) is 0 Å². The van der Waals surface area contributed by atoms with Crippen LogP contribution in [0.1, 0.15) is 32.1 Å². The van der Waals surface area contributed by atoms with Gasteiger partial charge in [-0.15, -0.1) is 0 Å². The van der Waals surface area contributed by atoms with Gasteiger partial charge in [-0.3, -0.25) is 4.90 Å². The molecule has 0 amide bonds. The molecule has 94 valence electrons. The Kier molecular flexibility index (Phi) is 3.80. The Bertz CT molecular complexity index is 227. The van der Waals surface area contributed by atoms with Crippen molar-refractivity contribution >= 4 is 0 Å². The van der Waals surface area contributed by atoms with E-state index in [0.717, 1.165) is 32.2 Å². The van der Waals surface area contributed by atoms with Gasteiger partial charge in [0, 0.05) is 26.1 Å². The van der Waals surface area contributed by atoms with Crippen LogP contribution in [0.2, 0.25) is 0 Å². The zero-order valence-corrected chi connectivity index (χ0v) is 9.67. The minimum atomic E-state index is -2.46. The summed E-state index contributed by atoms with van der Waals surface area (Å²) in [7, 11) is 0. The van der Waals surface area contributed by atoms with Crippen molar-refractivity contribution in [2.45, 2.75) is 38.0 Å². The fourth-order valence-electron chi connectivity index (χ4n) is 2.92. The van der Waals surface area contributed by atoms with Gasteiger partial charge in [0.05, 0.1) is 6.54 Å². The van der Waals surface area contributed by atoms with E-state index in [1.807, 2.05) is 4.90 Å². The normalized spacial score (nSPS) is 35.4. The van der Waals surface area contributed by atoms with Crippen LogP contribution < -0.4 is 0 Å². The van der Waals surface area contributed by atoms with Gasteiger partial charge in [-0.1, -0.05) is 0 Å². The van der Waals surface area contributed by atoms with Gasteiger partial charge in [0.2, 0.25) is 0 Å². The van der Waals surface area contributed by atoms with Crippen molar-refractivity contribution in [3.05, 3.63) is 0 Å². The molecule has 1 saturated heterocycles. The standard InChI is InChI=1S/C12H21F2NO/c13-12(14)5-6-15(9-12)7-10-1-3-11(8-16)4-2-10/h10-11,16H,1-9H2. The fraction of sp³-hybridized carbons (Fsp3) is 1.00. The first-order chi connectivity index (χ1) is 7.59. The lowest BCUT2D eigenvalue weighted by Gasteiger charge is -2.30. The van der Waals surface area contributed by atoms with E-state index < -0.39 is 5.92 Å². The molecular weight excluding hydrogens is 212 g/mol. The number of aliphatic hydroxyl groups is 1. The fourth-order valence-corrected chi connectivity index (χ4v) is 2.92. The molecule has 1 aliphatic heterocycles. The third kappa shape index (κ3) is 3.14. The highest BCUT2D eigenvalue weighted by Gasteiger charge is 2.38.